The van der Waals surface area contributed by atoms with E-state index in [9.17, 15) is 4.79 Å². The van der Waals surface area contributed by atoms with Gasteiger partial charge in [0.2, 0.25) is 11.0 Å². The third-order valence-corrected chi connectivity index (χ3v) is 3.98. The van der Waals surface area contributed by atoms with Crippen molar-refractivity contribution in [1.29, 1.82) is 0 Å². The highest BCUT2D eigenvalue weighted by Gasteiger charge is 2.16. The summed E-state index contributed by atoms with van der Waals surface area (Å²) in [6, 6.07) is 3.74. The van der Waals surface area contributed by atoms with E-state index in [1.54, 1.807) is 19.4 Å². The lowest BCUT2D eigenvalue weighted by molar-refractivity contribution is -0.118. The Kier molecular flexibility index (Phi) is 5.54. The number of hydrogen-bond acceptors (Lipinski definition) is 7. The van der Waals surface area contributed by atoms with E-state index in [-0.39, 0.29) is 5.91 Å². The number of rotatable bonds is 6. The lowest BCUT2D eigenvalue weighted by atomic mass is 10.2. The van der Waals surface area contributed by atoms with E-state index in [4.69, 9.17) is 0 Å². The third-order valence-electron chi connectivity index (χ3n) is 2.93. The molecule has 0 atom stereocenters. The molecule has 0 N–H and O–H groups in total. The summed E-state index contributed by atoms with van der Waals surface area (Å²) in [7, 11) is 3.18. The Hall–Kier alpha value is -2.35. The van der Waals surface area contributed by atoms with Crippen molar-refractivity contribution in [1.82, 2.24) is 15.2 Å². The highest BCUT2D eigenvalue weighted by molar-refractivity contribution is 7.18. The van der Waals surface area contributed by atoms with Crippen molar-refractivity contribution >= 4 is 28.1 Å². The van der Waals surface area contributed by atoms with Crippen LogP contribution < -0.4 is 4.90 Å². The lowest BCUT2D eigenvalue weighted by Crippen LogP contribution is -2.26. The van der Waals surface area contributed by atoms with Gasteiger partial charge in [0.1, 0.15) is 7.11 Å². The van der Waals surface area contributed by atoms with Gasteiger partial charge in [-0.2, -0.15) is 0 Å². The van der Waals surface area contributed by atoms with Crippen LogP contribution in [0.15, 0.2) is 29.7 Å². The number of carbonyl (C=O) groups is 1. The molecule has 0 aromatic carbocycles. The number of anilines is 1. The van der Waals surface area contributed by atoms with Crippen molar-refractivity contribution in [3.8, 4) is 10.6 Å². The number of carbonyl (C=O) groups excluding carboxylic acids is 1. The molecule has 0 spiro atoms. The molecule has 22 heavy (non-hydrogen) atoms. The van der Waals surface area contributed by atoms with Crippen LogP contribution in [0.5, 0.6) is 0 Å². The maximum Gasteiger partial charge on any atom is 0.228 e. The molecule has 0 fully saturated rings. The first-order chi connectivity index (χ1) is 10.6. The molecule has 0 unspecified atom stereocenters. The molecule has 8 heteroatoms. The number of amides is 1. The van der Waals surface area contributed by atoms with E-state index in [1.807, 2.05) is 19.1 Å². The van der Waals surface area contributed by atoms with Crippen molar-refractivity contribution in [2.45, 2.75) is 19.8 Å². The fraction of sp³-hybridized carbons (Fsp3) is 0.357. The van der Waals surface area contributed by atoms with Gasteiger partial charge >= 0.3 is 0 Å². The van der Waals surface area contributed by atoms with E-state index in [2.05, 4.69) is 25.2 Å². The first kappa shape index (κ1) is 16.0. The Morgan fingerprint density at radius 3 is 2.91 bits per heavy atom. The van der Waals surface area contributed by atoms with Gasteiger partial charge in [0, 0.05) is 31.4 Å². The van der Waals surface area contributed by atoms with Gasteiger partial charge in [0.05, 0.1) is 5.71 Å². The topological polar surface area (TPSA) is 80.6 Å². The molecule has 0 aliphatic heterocycles. The van der Waals surface area contributed by atoms with Crippen LogP contribution in [-0.4, -0.2) is 41.0 Å². The summed E-state index contributed by atoms with van der Waals surface area (Å²) < 4.78 is 0. The van der Waals surface area contributed by atoms with Gasteiger partial charge in [0.25, 0.3) is 0 Å². The van der Waals surface area contributed by atoms with Gasteiger partial charge in [-0.05, 0) is 25.5 Å². The maximum atomic E-state index is 12.2. The molecule has 0 bridgehead atoms. The van der Waals surface area contributed by atoms with Crippen LogP contribution >= 0.6 is 11.3 Å². The minimum Gasteiger partial charge on any atom is -0.399 e. The molecule has 2 heterocycles. The average Bonchev–Trinajstić information content (AvgIpc) is 3.03. The summed E-state index contributed by atoms with van der Waals surface area (Å²) in [6.45, 7) is 1.82. The Bertz CT molecular complexity index is 656. The molecule has 2 aromatic rings. The Morgan fingerprint density at radius 1 is 1.41 bits per heavy atom. The second-order valence-electron chi connectivity index (χ2n) is 4.59. The highest BCUT2D eigenvalue weighted by Crippen LogP contribution is 2.27. The smallest absolute Gasteiger partial charge is 0.228 e. The molecule has 0 aliphatic rings. The van der Waals surface area contributed by atoms with Crippen LogP contribution in [0.3, 0.4) is 0 Å². The van der Waals surface area contributed by atoms with Crippen molar-refractivity contribution in [3.63, 3.8) is 0 Å². The van der Waals surface area contributed by atoms with E-state index >= 15 is 0 Å². The predicted molar refractivity (Wildman–Crippen MR) is 85.9 cm³/mol. The molecule has 2 rings (SSSR count). The zero-order valence-electron chi connectivity index (χ0n) is 12.7. The third kappa shape index (κ3) is 4.08. The first-order valence-corrected chi connectivity index (χ1v) is 7.50. The summed E-state index contributed by atoms with van der Waals surface area (Å²) in [6.07, 6.45) is 4.31. The molecule has 1 amide bonds. The van der Waals surface area contributed by atoms with E-state index in [0.29, 0.717) is 18.0 Å². The van der Waals surface area contributed by atoms with Crippen molar-refractivity contribution < 1.29 is 9.63 Å². The highest BCUT2D eigenvalue weighted by atomic mass is 32.1. The normalized spacial score (nSPS) is 11.3. The number of oxime groups is 1. The van der Waals surface area contributed by atoms with Crippen LogP contribution in [0.25, 0.3) is 10.6 Å². The van der Waals surface area contributed by atoms with Crippen LogP contribution in [0, 0.1) is 0 Å². The van der Waals surface area contributed by atoms with Crippen LogP contribution in [0.1, 0.15) is 19.8 Å². The molecular weight excluding hydrogens is 302 g/mol. The molecular formula is C14H17N5O2S. The summed E-state index contributed by atoms with van der Waals surface area (Å²) >= 11 is 1.35. The van der Waals surface area contributed by atoms with Gasteiger partial charge in [-0.1, -0.05) is 16.5 Å². The minimum absolute atomic E-state index is 0.0421. The second-order valence-corrected chi connectivity index (χ2v) is 5.55. The van der Waals surface area contributed by atoms with E-state index in [1.165, 1.54) is 23.3 Å². The van der Waals surface area contributed by atoms with E-state index in [0.717, 1.165) is 16.3 Å². The second kappa shape index (κ2) is 7.60. The van der Waals surface area contributed by atoms with Crippen molar-refractivity contribution in [2.75, 3.05) is 19.1 Å². The molecule has 116 valence electrons. The maximum absolute atomic E-state index is 12.2. The van der Waals surface area contributed by atoms with Gasteiger partial charge in [-0.3, -0.25) is 14.7 Å². The fourth-order valence-electron chi connectivity index (χ4n) is 1.72. The summed E-state index contributed by atoms with van der Waals surface area (Å²) in [4.78, 5) is 22.4. The van der Waals surface area contributed by atoms with Crippen LogP contribution in [0.4, 0.5) is 5.13 Å². The summed E-state index contributed by atoms with van der Waals surface area (Å²) in [5, 5.41) is 13.3. The SMILES string of the molecule is CON=C(C)CCC(=O)N(C)c1nnc(-c2cccnc2)s1. The van der Waals surface area contributed by atoms with Crippen LogP contribution in [0.2, 0.25) is 0 Å². The standard InChI is InChI=1S/C14H17N5O2S/c1-10(18-21-3)6-7-12(20)19(2)14-17-16-13(22-14)11-5-4-8-15-9-11/h4-5,8-9H,6-7H2,1-3H3. The molecule has 7 nitrogen and oxygen atoms in total. The van der Waals surface area contributed by atoms with Crippen molar-refractivity contribution in [2.24, 2.45) is 5.16 Å². The Labute approximate surface area is 132 Å². The minimum atomic E-state index is -0.0421. The number of nitrogens with zero attached hydrogens (tertiary/aromatic N) is 5. The fourth-order valence-corrected chi connectivity index (χ4v) is 2.53. The van der Waals surface area contributed by atoms with Crippen molar-refractivity contribution in [3.05, 3.63) is 24.5 Å². The zero-order valence-corrected chi connectivity index (χ0v) is 13.5. The quantitative estimate of drug-likeness (QED) is 0.603. The van der Waals surface area contributed by atoms with Gasteiger partial charge in [-0.25, -0.2) is 0 Å². The Balaban J connectivity index is 2.01. The number of pyridine rings is 1. The average molecular weight is 319 g/mol. The monoisotopic (exact) mass is 319 g/mol. The largest absolute Gasteiger partial charge is 0.399 e. The van der Waals surface area contributed by atoms with Gasteiger partial charge in [-0.15, -0.1) is 10.2 Å². The lowest BCUT2D eigenvalue weighted by Gasteiger charge is -2.12. The Morgan fingerprint density at radius 2 is 2.23 bits per heavy atom. The zero-order chi connectivity index (χ0) is 15.9. The predicted octanol–water partition coefficient (Wildman–Crippen LogP) is 2.37. The summed E-state index contributed by atoms with van der Waals surface area (Å²) in [5.74, 6) is -0.0421. The number of aromatic nitrogens is 3. The molecule has 0 saturated heterocycles. The summed E-state index contributed by atoms with van der Waals surface area (Å²) in [5.41, 5.74) is 1.66. The number of hydrogen-bond donors (Lipinski definition) is 0. The molecule has 0 radical (unpaired) electrons. The van der Waals surface area contributed by atoms with Gasteiger partial charge in [0.15, 0.2) is 5.01 Å². The first-order valence-electron chi connectivity index (χ1n) is 6.69. The van der Waals surface area contributed by atoms with Crippen LogP contribution in [-0.2, 0) is 9.63 Å². The van der Waals surface area contributed by atoms with Gasteiger partial charge < -0.3 is 4.84 Å². The molecule has 0 saturated carbocycles. The van der Waals surface area contributed by atoms with E-state index < -0.39 is 0 Å². The molecule has 2 aromatic heterocycles. The molecule has 0 aliphatic carbocycles.